The molecule has 4 heteroatoms. The number of nitrogens with one attached hydrogen (secondary N) is 1. The maximum absolute atomic E-state index is 11.7. The molecule has 0 fully saturated rings. The van der Waals surface area contributed by atoms with Crippen LogP contribution in [0.2, 0.25) is 0 Å². The Balaban J connectivity index is 2.27. The third-order valence-electron chi connectivity index (χ3n) is 3.35. The van der Waals surface area contributed by atoms with E-state index in [0.717, 1.165) is 12.1 Å². The lowest BCUT2D eigenvalue weighted by atomic mass is 10.1. The number of carbonyl (C=O) groups is 2. The van der Waals surface area contributed by atoms with Gasteiger partial charge < -0.3 is 10.4 Å². The predicted molar refractivity (Wildman–Crippen MR) is 84.4 cm³/mol. The Morgan fingerprint density at radius 2 is 1.67 bits per heavy atom. The average molecular weight is 291 g/mol. The fourth-order valence-electron chi connectivity index (χ4n) is 2.12. The van der Waals surface area contributed by atoms with Crippen LogP contribution in [-0.2, 0) is 16.0 Å². The maximum Gasteiger partial charge on any atom is 0.303 e. The lowest BCUT2D eigenvalue weighted by Crippen LogP contribution is -2.11. The number of aryl methyl sites for hydroxylation is 1. The first kappa shape index (κ1) is 17.2. The molecule has 0 aliphatic carbocycles. The summed E-state index contributed by atoms with van der Waals surface area (Å²) < 4.78 is 0. The van der Waals surface area contributed by atoms with Gasteiger partial charge in [-0.05, 0) is 43.4 Å². The van der Waals surface area contributed by atoms with Gasteiger partial charge in [-0.2, -0.15) is 0 Å². The topological polar surface area (TPSA) is 66.4 Å². The summed E-state index contributed by atoms with van der Waals surface area (Å²) in [6, 6.07) is 7.96. The molecule has 0 spiro atoms. The van der Waals surface area contributed by atoms with E-state index in [9.17, 15) is 9.59 Å². The summed E-state index contributed by atoms with van der Waals surface area (Å²) in [5.74, 6) is -0.867. The molecule has 1 aromatic rings. The molecular weight excluding hydrogens is 266 g/mol. The second-order valence-electron chi connectivity index (χ2n) is 5.30. The highest BCUT2D eigenvalue weighted by Crippen LogP contribution is 2.13. The van der Waals surface area contributed by atoms with Crippen molar-refractivity contribution in [2.45, 2.75) is 58.3 Å². The van der Waals surface area contributed by atoms with E-state index in [1.807, 2.05) is 12.1 Å². The first-order valence-electron chi connectivity index (χ1n) is 7.72. The number of carboxylic acid groups (broad SMARTS) is 1. The van der Waals surface area contributed by atoms with Crippen LogP contribution in [-0.4, -0.2) is 17.0 Å². The SMILES string of the molecule is CCCCCc1ccc(NC(=O)CCCCC(=O)O)cc1. The van der Waals surface area contributed by atoms with Crippen LogP contribution in [0.1, 0.15) is 57.4 Å². The van der Waals surface area contributed by atoms with Gasteiger partial charge in [0, 0.05) is 18.5 Å². The zero-order valence-electron chi connectivity index (χ0n) is 12.7. The Labute approximate surface area is 126 Å². The van der Waals surface area contributed by atoms with Crippen molar-refractivity contribution in [1.82, 2.24) is 0 Å². The summed E-state index contributed by atoms with van der Waals surface area (Å²) in [6.45, 7) is 2.19. The van der Waals surface area contributed by atoms with Crippen molar-refractivity contribution in [1.29, 1.82) is 0 Å². The number of rotatable bonds is 10. The number of amides is 1. The normalized spacial score (nSPS) is 10.3. The Kier molecular flexibility index (Phi) is 8.17. The van der Waals surface area contributed by atoms with E-state index in [2.05, 4.69) is 24.4 Å². The van der Waals surface area contributed by atoms with Gasteiger partial charge in [-0.15, -0.1) is 0 Å². The average Bonchev–Trinajstić information content (AvgIpc) is 2.45. The van der Waals surface area contributed by atoms with Crippen LogP contribution in [0.25, 0.3) is 0 Å². The lowest BCUT2D eigenvalue weighted by Gasteiger charge is -2.06. The van der Waals surface area contributed by atoms with E-state index in [4.69, 9.17) is 5.11 Å². The minimum atomic E-state index is -0.811. The van der Waals surface area contributed by atoms with Crippen molar-refractivity contribution < 1.29 is 14.7 Å². The Morgan fingerprint density at radius 3 is 2.29 bits per heavy atom. The van der Waals surface area contributed by atoms with Gasteiger partial charge in [0.2, 0.25) is 5.91 Å². The minimum absolute atomic E-state index is 0.0564. The first-order chi connectivity index (χ1) is 10.1. The van der Waals surface area contributed by atoms with Crippen molar-refractivity contribution in [3.63, 3.8) is 0 Å². The summed E-state index contributed by atoms with van der Waals surface area (Å²) in [5, 5.41) is 11.4. The van der Waals surface area contributed by atoms with Crippen LogP contribution in [0, 0.1) is 0 Å². The number of hydrogen-bond acceptors (Lipinski definition) is 2. The van der Waals surface area contributed by atoms with Gasteiger partial charge in [0.1, 0.15) is 0 Å². The number of anilines is 1. The molecule has 0 saturated heterocycles. The largest absolute Gasteiger partial charge is 0.481 e. The van der Waals surface area contributed by atoms with Gasteiger partial charge >= 0.3 is 5.97 Å². The molecule has 1 aromatic carbocycles. The van der Waals surface area contributed by atoms with Gasteiger partial charge in [-0.1, -0.05) is 31.9 Å². The molecule has 4 nitrogen and oxygen atoms in total. The van der Waals surface area contributed by atoms with Crippen molar-refractivity contribution in [2.24, 2.45) is 0 Å². The van der Waals surface area contributed by atoms with E-state index in [1.165, 1.54) is 24.8 Å². The van der Waals surface area contributed by atoms with E-state index in [0.29, 0.717) is 19.3 Å². The van der Waals surface area contributed by atoms with Crippen molar-refractivity contribution in [2.75, 3.05) is 5.32 Å². The molecule has 0 heterocycles. The van der Waals surface area contributed by atoms with Crippen LogP contribution in [0.3, 0.4) is 0 Å². The molecule has 116 valence electrons. The highest BCUT2D eigenvalue weighted by Gasteiger charge is 2.04. The number of benzene rings is 1. The zero-order chi connectivity index (χ0) is 15.5. The maximum atomic E-state index is 11.7. The zero-order valence-corrected chi connectivity index (χ0v) is 12.7. The van der Waals surface area contributed by atoms with E-state index >= 15 is 0 Å². The van der Waals surface area contributed by atoms with E-state index < -0.39 is 5.97 Å². The monoisotopic (exact) mass is 291 g/mol. The molecule has 0 atom stereocenters. The number of carboxylic acids is 1. The molecule has 1 amide bonds. The summed E-state index contributed by atoms with van der Waals surface area (Å²) >= 11 is 0. The Bertz CT molecular complexity index is 440. The van der Waals surface area contributed by atoms with Crippen molar-refractivity contribution in [3.8, 4) is 0 Å². The van der Waals surface area contributed by atoms with Gasteiger partial charge in [-0.3, -0.25) is 9.59 Å². The van der Waals surface area contributed by atoms with Crippen LogP contribution in [0.5, 0.6) is 0 Å². The standard InChI is InChI=1S/C17H25NO3/c1-2-3-4-7-14-10-12-15(13-11-14)18-16(19)8-5-6-9-17(20)21/h10-13H,2-9H2,1H3,(H,18,19)(H,20,21). The molecule has 0 bridgehead atoms. The number of unbranched alkanes of at least 4 members (excludes halogenated alkanes) is 3. The molecule has 0 unspecified atom stereocenters. The second-order valence-corrected chi connectivity index (χ2v) is 5.30. The Morgan fingerprint density at radius 1 is 1.00 bits per heavy atom. The summed E-state index contributed by atoms with van der Waals surface area (Å²) in [6.07, 6.45) is 6.38. The van der Waals surface area contributed by atoms with Crippen LogP contribution >= 0.6 is 0 Å². The highest BCUT2D eigenvalue weighted by molar-refractivity contribution is 5.90. The lowest BCUT2D eigenvalue weighted by molar-refractivity contribution is -0.137. The summed E-state index contributed by atoms with van der Waals surface area (Å²) in [7, 11) is 0. The molecule has 0 radical (unpaired) electrons. The molecule has 2 N–H and O–H groups in total. The number of aliphatic carboxylic acids is 1. The van der Waals surface area contributed by atoms with Crippen LogP contribution < -0.4 is 5.32 Å². The van der Waals surface area contributed by atoms with Crippen LogP contribution in [0.15, 0.2) is 24.3 Å². The van der Waals surface area contributed by atoms with E-state index in [1.54, 1.807) is 0 Å². The van der Waals surface area contributed by atoms with Crippen LogP contribution in [0.4, 0.5) is 5.69 Å². The van der Waals surface area contributed by atoms with E-state index in [-0.39, 0.29) is 12.3 Å². The van der Waals surface area contributed by atoms with Gasteiger partial charge in [0.15, 0.2) is 0 Å². The minimum Gasteiger partial charge on any atom is -0.481 e. The summed E-state index contributed by atoms with van der Waals surface area (Å²) in [4.78, 5) is 22.1. The second kappa shape index (κ2) is 9.97. The number of carbonyl (C=O) groups excluding carboxylic acids is 1. The molecule has 1 rings (SSSR count). The predicted octanol–water partition coefficient (Wildman–Crippen LogP) is 4.00. The van der Waals surface area contributed by atoms with Gasteiger partial charge in [0.05, 0.1) is 0 Å². The van der Waals surface area contributed by atoms with Crippen molar-refractivity contribution in [3.05, 3.63) is 29.8 Å². The fraction of sp³-hybridized carbons (Fsp3) is 0.529. The highest BCUT2D eigenvalue weighted by atomic mass is 16.4. The Hall–Kier alpha value is -1.84. The first-order valence-corrected chi connectivity index (χ1v) is 7.72. The van der Waals surface area contributed by atoms with Gasteiger partial charge in [-0.25, -0.2) is 0 Å². The summed E-state index contributed by atoms with van der Waals surface area (Å²) in [5.41, 5.74) is 2.10. The third-order valence-corrected chi connectivity index (χ3v) is 3.35. The fourth-order valence-corrected chi connectivity index (χ4v) is 2.12. The molecule has 0 aromatic heterocycles. The molecule has 0 aliphatic heterocycles. The molecule has 0 aliphatic rings. The van der Waals surface area contributed by atoms with Gasteiger partial charge in [0.25, 0.3) is 0 Å². The molecule has 0 saturated carbocycles. The molecular formula is C17H25NO3. The third kappa shape index (κ3) is 8.12. The quantitative estimate of drug-likeness (QED) is 0.640. The number of hydrogen-bond donors (Lipinski definition) is 2. The smallest absolute Gasteiger partial charge is 0.303 e. The molecule has 21 heavy (non-hydrogen) atoms. The van der Waals surface area contributed by atoms with Crippen molar-refractivity contribution >= 4 is 17.6 Å².